The van der Waals surface area contributed by atoms with Gasteiger partial charge in [0.25, 0.3) is 0 Å². The maximum absolute atomic E-state index is 4.56. The molecule has 1 aromatic heterocycles. The second-order valence-electron chi connectivity index (χ2n) is 6.60. The molecule has 1 N–H and O–H groups in total. The molecule has 0 aliphatic carbocycles. The van der Waals surface area contributed by atoms with E-state index in [2.05, 4.69) is 51.2 Å². The van der Waals surface area contributed by atoms with E-state index in [4.69, 9.17) is 0 Å². The van der Waals surface area contributed by atoms with Crippen molar-refractivity contribution in [1.29, 1.82) is 0 Å². The third-order valence-corrected chi connectivity index (χ3v) is 5.06. The van der Waals surface area contributed by atoms with Crippen LogP contribution in [0.4, 0.5) is 5.69 Å². The van der Waals surface area contributed by atoms with Crippen LogP contribution in [0.5, 0.6) is 0 Å². The normalized spacial score (nSPS) is 21.6. The minimum Gasteiger partial charge on any atom is -0.384 e. The summed E-state index contributed by atoms with van der Waals surface area (Å²) in [4.78, 5) is 7.16. The third kappa shape index (κ3) is 2.52. The van der Waals surface area contributed by atoms with Gasteiger partial charge in [0, 0.05) is 50.7 Å². The van der Waals surface area contributed by atoms with Crippen molar-refractivity contribution in [3.63, 3.8) is 0 Å². The number of likely N-dealkylation sites (tertiary alicyclic amines) is 1. The van der Waals surface area contributed by atoms with Crippen molar-refractivity contribution in [3.8, 4) is 0 Å². The highest BCUT2D eigenvalue weighted by Crippen LogP contribution is 2.30. The molecule has 0 saturated carbocycles. The Bertz CT molecular complexity index is 661. The monoisotopic (exact) mass is 296 g/mol. The molecule has 1 aromatic carbocycles. The first-order valence-electron chi connectivity index (χ1n) is 8.35. The van der Waals surface area contributed by atoms with Crippen LogP contribution >= 0.6 is 0 Å². The van der Waals surface area contributed by atoms with Crippen molar-refractivity contribution in [2.24, 2.45) is 7.05 Å². The number of fused-ring (bicyclic) bond motifs is 1. The van der Waals surface area contributed by atoms with Crippen molar-refractivity contribution in [1.82, 2.24) is 14.5 Å². The van der Waals surface area contributed by atoms with Crippen molar-refractivity contribution in [2.75, 3.05) is 25.0 Å². The molecule has 1 saturated heterocycles. The highest BCUT2D eigenvalue weighted by Gasteiger charge is 2.25. The summed E-state index contributed by atoms with van der Waals surface area (Å²) < 4.78 is 2.18. The number of rotatable bonds is 3. The summed E-state index contributed by atoms with van der Waals surface area (Å²) >= 11 is 0. The average Bonchev–Trinajstić information content (AvgIpc) is 3.17. The zero-order valence-electron chi connectivity index (χ0n) is 13.3. The summed E-state index contributed by atoms with van der Waals surface area (Å²) in [6, 6.07) is 6.74. The molecule has 0 amide bonds. The van der Waals surface area contributed by atoms with E-state index in [0.29, 0.717) is 5.92 Å². The lowest BCUT2D eigenvalue weighted by atomic mass is 9.96. The number of nitrogens with one attached hydrogen (secondary N) is 1. The first-order valence-corrected chi connectivity index (χ1v) is 8.35. The highest BCUT2D eigenvalue weighted by molar-refractivity contribution is 5.61. The van der Waals surface area contributed by atoms with E-state index in [-0.39, 0.29) is 0 Å². The Kier molecular flexibility index (Phi) is 3.62. The van der Waals surface area contributed by atoms with Crippen LogP contribution < -0.4 is 5.32 Å². The van der Waals surface area contributed by atoms with Crippen LogP contribution in [-0.4, -0.2) is 34.1 Å². The molecule has 1 atom stereocenters. The van der Waals surface area contributed by atoms with Gasteiger partial charge in [-0.15, -0.1) is 0 Å². The smallest absolute Gasteiger partial charge is 0.112 e. The van der Waals surface area contributed by atoms with Crippen LogP contribution in [0, 0.1) is 0 Å². The molecule has 4 heteroatoms. The van der Waals surface area contributed by atoms with Crippen molar-refractivity contribution in [2.45, 2.75) is 31.7 Å². The lowest BCUT2D eigenvalue weighted by Gasteiger charge is -2.32. The van der Waals surface area contributed by atoms with Gasteiger partial charge in [-0.2, -0.15) is 0 Å². The van der Waals surface area contributed by atoms with Crippen LogP contribution in [0.1, 0.15) is 35.7 Å². The molecule has 1 unspecified atom stereocenters. The fraction of sp³-hybridized carbons (Fsp3) is 0.500. The van der Waals surface area contributed by atoms with Crippen LogP contribution in [0.2, 0.25) is 0 Å². The number of benzene rings is 1. The third-order valence-electron chi connectivity index (χ3n) is 5.06. The average molecular weight is 296 g/mol. The van der Waals surface area contributed by atoms with Crippen molar-refractivity contribution >= 4 is 5.69 Å². The van der Waals surface area contributed by atoms with Gasteiger partial charge in [0.05, 0.1) is 0 Å². The van der Waals surface area contributed by atoms with Crippen LogP contribution in [0.15, 0.2) is 30.6 Å². The number of imidazole rings is 1. The number of piperidine rings is 1. The lowest BCUT2D eigenvalue weighted by Crippen LogP contribution is -2.34. The summed E-state index contributed by atoms with van der Waals surface area (Å²) in [6.45, 7) is 4.46. The molecule has 4 rings (SSSR count). The number of nitrogens with zero attached hydrogens (tertiary/aromatic N) is 3. The SMILES string of the molecule is Cn1ccnc1C1CCCN(Cc2cccc3c2NCC3)C1. The van der Waals surface area contributed by atoms with Gasteiger partial charge in [-0.25, -0.2) is 4.98 Å². The van der Waals surface area contributed by atoms with Crippen molar-refractivity contribution < 1.29 is 0 Å². The molecule has 2 aliphatic heterocycles. The quantitative estimate of drug-likeness (QED) is 0.945. The van der Waals surface area contributed by atoms with E-state index < -0.39 is 0 Å². The Labute approximate surface area is 132 Å². The number of para-hydroxylation sites is 1. The van der Waals surface area contributed by atoms with E-state index in [1.165, 1.54) is 48.4 Å². The van der Waals surface area contributed by atoms with Gasteiger partial charge in [0.15, 0.2) is 0 Å². The Morgan fingerprint density at radius 2 is 2.32 bits per heavy atom. The van der Waals surface area contributed by atoms with Gasteiger partial charge < -0.3 is 9.88 Å². The largest absolute Gasteiger partial charge is 0.384 e. The summed E-state index contributed by atoms with van der Waals surface area (Å²) in [5.41, 5.74) is 4.33. The predicted octanol–water partition coefficient (Wildman–Crippen LogP) is 2.77. The molecule has 2 aromatic rings. The molecule has 4 nitrogen and oxygen atoms in total. The first kappa shape index (κ1) is 13.8. The van der Waals surface area contributed by atoms with Gasteiger partial charge in [0.1, 0.15) is 5.82 Å². The van der Waals surface area contributed by atoms with Crippen LogP contribution in [-0.2, 0) is 20.0 Å². The topological polar surface area (TPSA) is 33.1 Å². The van der Waals surface area contributed by atoms with Gasteiger partial charge in [-0.1, -0.05) is 18.2 Å². The van der Waals surface area contributed by atoms with Gasteiger partial charge >= 0.3 is 0 Å². The van der Waals surface area contributed by atoms with E-state index in [0.717, 1.165) is 19.6 Å². The Balaban J connectivity index is 1.50. The molecule has 2 aliphatic rings. The van der Waals surface area contributed by atoms with E-state index >= 15 is 0 Å². The van der Waals surface area contributed by atoms with Crippen LogP contribution in [0.3, 0.4) is 0 Å². The van der Waals surface area contributed by atoms with E-state index in [9.17, 15) is 0 Å². The fourth-order valence-corrected chi connectivity index (χ4v) is 3.96. The zero-order chi connectivity index (χ0) is 14.9. The van der Waals surface area contributed by atoms with Gasteiger partial charge in [-0.05, 0) is 36.9 Å². The Morgan fingerprint density at radius 1 is 1.36 bits per heavy atom. The maximum atomic E-state index is 4.56. The standard InChI is InChI=1S/C18H24N4/c1-21-11-9-20-18(21)16-6-3-10-22(13-16)12-15-5-2-4-14-7-8-19-17(14)15/h2,4-5,9,11,16,19H,3,6-8,10,12-13H2,1H3. The number of aryl methyl sites for hydroxylation is 1. The number of aromatic nitrogens is 2. The first-order chi connectivity index (χ1) is 10.8. The number of anilines is 1. The summed E-state index contributed by atoms with van der Waals surface area (Å²) in [7, 11) is 2.11. The zero-order valence-corrected chi connectivity index (χ0v) is 13.3. The fourth-order valence-electron chi connectivity index (χ4n) is 3.96. The van der Waals surface area contributed by atoms with E-state index in [1.807, 2.05) is 6.20 Å². The highest BCUT2D eigenvalue weighted by atomic mass is 15.1. The Morgan fingerprint density at radius 3 is 3.18 bits per heavy atom. The predicted molar refractivity (Wildman–Crippen MR) is 89.1 cm³/mol. The van der Waals surface area contributed by atoms with Gasteiger partial charge in [0.2, 0.25) is 0 Å². The van der Waals surface area contributed by atoms with Gasteiger partial charge in [-0.3, -0.25) is 4.90 Å². The minimum absolute atomic E-state index is 0.568. The minimum atomic E-state index is 0.568. The second kappa shape index (κ2) is 5.76. The molecule has 1 fully saturated rings. The molecule has 0 radical (unpaired) electrons. The second-order valence-corrected chi connectivity index (χ2v) is 6.60. The molecule has 0 bridgehead atoms. The number of hydrogen-bond donors (Lipinski definition) is 1. The molecule has 3 heterocycles. The molecular formula is C18H24N4. The van der Waals surface area contributed by atoms with E-state index in [1.54, 1.807) is 0 Å². The molecule has 116 valence electrons. The summed E-state index contributed by atoms with van der Waals surface area (Å²) in [5, 5.41) is 3.56. The summed E-state index contributed by atoms with van der Waals surface area (Å²) in [6.07, 6.45) is 7.66. The molecular weight excluding hydrogens is 272 g/mol. The Hall–Kier alpha value is -1.81. The van der Waals surface area contributed by atoms with Crippen LogP contribution in [0.25, 0.3) is 0 Å². The van der Waals surface area contributed by atoms with Crippen molar-refractivity contribution in [3.05, 3.63) is 47.5 Å². The molecule has 0 spiro atoms. The lowest BCUT2D eigenvalue weighted by molar-refractivity contribution is 0.195. The molecule has 22 heavy (non-hydrogen) atoms. The number of hydrogen-bond acceptors (Lipinski definition) is 3. The maximum Gasteiger partial charge on any atom is 0.112 e. The summed E-state index contributed by atoms with van der Waals surface area (Å²) in [5.74, 6) is 1.81.